The van der Waals surface area contributed by atoms with Crippen molar-refractivity contribution in [3.63, 3.8) is 0 Å². The number of rotatable bonds is 7. The van der Waals surface area contributed by atoms with Crippen LogP contribution in [0.2, 0.25) is 0 Å². The van der Waals surface area contributed by atoms with Gasteiger partial charge in [-0.15, -0.1) is 0 Å². The van der Waals surface area contributed by atoms with Gasteiger partial charge in [-0.1, -0.05) is 12.1 Å². The molecular weight excluding hydrogens is 515 g/mol. The second-order valence-corrected chi connectivity index (χ2v) is 7.97. The molecule has 0 bridgehead atoms. The van der Waals surface area contributed by atoms with Gasteiger partial charge in [0.15, 0.2) is 0 Å². The Balaban J connectivity index is 0.000000638. The summed E-state index contributed by atoms with van der Waals surface area (Å²) >= 11 is 0. The Labute approximate surface area is 212 Å². The number of aliphatic carboxylic acids is 1. The van der Waals surface area contributed by atoms with Gasteiger partial charge in [-0.2, -0.15) is 13.2 Å². The van der Waals surface area contributed by atoms with Crippen LogP contribution in [0.15, 0.2) is 57.7 Å². The fraction of sp³-hybridized carbons (Fsp3) is 0.250. The number of carbonyl (C=O) groups excluding carboxylic acids is 2. The number of carboxylic acid groups (broad SMARTS) is 1. The fourth-order valence-corrected chi connectivity index (χ4v) is 3.07. The Morgan fingerprint density at radius 2 is 1.66 bits per heavy atom. The molecule has 2 amide bonds. The Kier molecular flexibility index (Phi) is 9.95. The number of phenolic OH excluding ortho intramolecular Hbond substituents is 1. The highest BCUT2D eigenvalue weighted by molar-refractivity contribution is 5.99. The molecule has 11 nitrogen and oxygen atoms in total. The number of aliphatic hydroxyl groups is 1. The van der Waals surface area contributed by atoms with Gasteiger partial charge < -0.3 is 36.1 Å². The van der Waals surface area contributed by atoms with Crippen molar-refractivity contribution in [1.29, 1.82) is 0 Å². The first-order valence-electron chi connectivity index (χ1n) is 10.8. The number of nitrogens with two attached hydrogens (primary N) is 1. The van der Waals surface area contributed by atoms with Crippen molar-refractivity contribution >= 4 is 34.4 Å². The maximum absolute atomic E-state index is 12.9. The first-order valence-corrected chi connectivity index (χ1v) is 10.8. The van der Waals surface area contributed by atoms with Crippen LogP contribution in [0, 0.1) is 6.92 Å². The zero-order chi connectivity index (χ0) is 28.6. The SMILES string of the molecule is Cc1cc(=O)oc2cc(NC(=O)[C@H](Cc3ccc(O)cc3)NC(=O)[C@@H](N)CO)ccc12.O=C(O)C(F)(F)F. The molecule has 3 aromatic rings. The number of carboxylic acids is 1. The summed E-state index contributed by atoms with van der Waals surface area (Å²) in [6, 6.07) is 10.3. The number of aryl methyl sites for hydroxylation is 1. The highest BCUT2D eigenvalue weighted by Crippen LogP contribution is 2.21. The lowest BCUT2D eigenvalue weighted by Gasteiger charge is -2.20. The minimum atomic E-state index is -5.08. The average Bonchev–Trinajstić information content (AvgIpc) is 2.83. The van der Waals surface area contributed by atoms with Crippen LogP contribution in [-0.4, -0.2) is 58.0 Å². The van der Waals surface area contributed by atoms with Gasteiger partial charge in [0.05, 0.1) is 6.61 Å². The summed E-state index contributed by atoms with van der Waals surface area (Å²) in [7, 11) is 0. The summed E-state index contributed by atoms with van der Waals surface area (Å²) in [5, 5.41) is 31.6. The number of aromatic hydroxyl groups is 1. The van der Waals surface area contributed by atoms with Crippen LogP contribution in [0.5, 0.6) is 5.75 Å². The molecule has 0 spiro atoms. The fourth-order valence-electron chi connectivity index (χ4n) is 3.07. The highest BCUT2D eigenvalue weighted by atomic mass is 19.4. The number of aliphatic hydroxyl groups excluding tert-OH is 1. The molecule has 0 aliphatic carbocycles. The van der Waals surface area contributed by atoms with Gasteiger partial charge in [-0.3, -0.25) is 9.59 Å². The van der Waals surface area contributed by atoms with E-state index in [0.29, 0.717) is 16.8 Å². The van der Waals surface area contributed by atoms with Crippen molar-refractivity contribution in [2.45, 2.75) is 31.6 Å². The Hall–Kier alpha value is -4.43. The predicted octanol–water partition coefficient (Wildman–Crippen LogP) is 1.43. The topological polar surface area (TPSA) is 192 Å². The van der Waals surface area contributed by atoms with Crippen LogP contribution < -0.4 is 22.0 Å². The number of phenols is 1. The van der Waals surface area contributed by atoms with E-state index in [9.17, 15) is 32.7 Å². The lowest BCUT2D eigenvalue weighted by atomic mass is 10.0. The average molecular weight is 539 g/mol. The molecule has 0 saturated carbocycles. The summed E-state index contributed by atoms with van der Waals surface area (Å²) in [6.07, 6.45) is -4.96. The van der Waals surface area contributed by atoms with E-state index >= 15 is 0 Å². The van der Waals surface area contributed by atoms with Gasteiger partial charge >= 0.3 is 17.8 Å². The number of nitrogens with one attached hydrogen (secondary N) is 2. The van der Waals surface area contributed by atoms with Crippen molar-refractivity contribution in [2.75, 3.05) is 11.9 Å². The standard InChI is InChI=1S/C22H23N3O6.C2HF3O2/c1-12-8-20(28)31-19-10-14(4-7-16(12)19)24-22(30)18(25-21(29)17(23)11-26)9-13-2-5-15(27)6-3-13;3-2(4,5)1(6)7/h2-8,10,17-18,26-27H,9,11,23H2,1H3,(H,24,30)(H,25,29);(H,6,7)/t17-,18-;/m0./s1. The largest absolute Gasteiger partial charge is 0.508 e. The van der Waals surface area contributed by atoms with Crippen LogP contribution in [0.4, 0.5) is 18.9 Å². The Morgan fingerprint density at radius 3 is 2.21 bits per heavy atom. The normalized spacial score (nSPS) is 12.6. The van der Waals surface area contributed by atoms with Crippen molar-refractivity contribution < 1.29 is 47.3 Å². The monoisotopic (exact) mass is 539 g/mol. The van der Waals surface area contributed by atoms with E-state index in [4.69, 9.17) is 25.2 Å². The smallest absolute Gasteiger partial charge is 0.490 e. The first kappa shape index (κ1) is 29.8. The van der Waals surface area contributed by atoms with Gasteiger partial charge in [0.1, 0.15) is 23.4 Å². The second-order valence-electron chi connectivity index (χ2n) is 7.97. The molecule has 0 unspecified atom stereocenters. The number of halogens is 3. The van der Waals surface area contributed by atoms with Gasteiger partial charge in [0.2, 0.25) is 11.8 Å². The minimum absolute atomic E-state index is 0.0732. The quantitative estimate of drug-likeness (QED) is 0.241. The van der Waals surface area contributed by atoms with E-state index in [2.05, 4.69) is 10.6 Å². The first-order chi connectivity index (χ1) is 17.7. The van der Waals surface area contributed by atoms with E-state index in [1.165, 1.54) is 24.3 Å². The van der Waals surface area contributed by atoms with E-state index in [-0.39, 0.29) is 12.2 Å². The van der Waals surface area contributed by atoms with Crippen molar-refractivity contribution in [1.82, 2.24) is 5.32 Å². The second kappa shape index (κ2) is 12.7. The molecule has 3 rings (SSSR count). The molecule has 7 N–H and O–H groups in total. The van der Waals surface area contributed by atoms with Crippen LogP contribution in [0.25, 0.3) is 11.0 Å². The van der Waals surface area contributed by atoms with Crippen molar-refractivity contribution in [2.24, 2.45) is 5.73 Å². The van der Waals surface area contributed by atoms with Gasteiger partial charge in [-0.05, 0) is 42.3 Å². The van der Waals surface area contributed by atoms with Crippen LogP contribution in [0.1, 0.15) is 11.1 Å². The molecule has 1 aromatic heterocycles. The van der Waals surface area contributed by atoms with Gasteiger partial charge in [0, 0.05) is 29.6 Å². The minimum Gasteiger partial charge on any atom is -0.508 e. The number of benzene rings is 2. The third-order valence-electron chi connectivity index (χ3n) is 5.00. The Bertz CT molecular complexity index is 1360. The molecule has 204 valence electrons. The summed E-state index contributed by atoms with van der Waals surface area (Å²) < 4.78 is 36.9. The van der Waals surface area contributed by atoms with Gasteiger partial charge in [-0.25, -0.2) is 9.59 Å². The number of hydrogen-bond donors (Lipinski definition) is 6. The number of fused-ring (bicyclic) bond motifs is 1. The molecular formula is C24H24F3N3O8. The summed E-state index contributed by atoms with van der Waals surface area (Å²) in [5.41, 5.74) is 7.20. The predicted molar refractivity (Wildman–Crippen MR) is 128 cm³/mol. The molecule has 2 aromatic carbocycles. The van der Waals surface area contributed by atoms with Crippen LogP contribution in [-0.2, 0) is 20.8 Å². The number of hydrogen-bond acceptors (Lipinski definition) is 8. The molecule has 2 atom stereocenters. The highest BCUT2D eigenvalue weighted by Gasteiger charge is 2.38. The molecule has 0 radical (unpaired) electrons. The van der Waals surface area contributed by atoms with E-state index in [1.54, 1.807) is 31.2 Å². The molecule has 0 saturated heterocycles. The van der Waals surface area contributed by atoms with Crippen LogP contribution >= 0.6 is 0 Å². The number of amides is 2. The maximum atomic E-state index is 12.9. The van der Waals surface area contributed by atoms with Crippen LogP contribution in [0.3, 0.4) is 0 Å². The third-order valence-corrected chi connectivity index (χ3v) is 5.00. The van der Waals surface area contributed by atoms with E-state index < -0.39 is 48.3 Å². The van der Waals surface area contributed by atoms with Gasteiger partial charge in [0.25, 0.3) is 0 Å². The lowest BCUT2D eigenvalue weighted by molar-refractivity contribution is -0.192. The molecule has 0 aliphatic heterocycles. The Morgan fingerprint density at radius 1 is 1.05 bits per heavy atom. The number of carbonyl (C=O) groups is 3. The zero-order valence-electron chi connectivity index (χ0n) is 19.8. The third kappa shape index (κ3) is 8.60. The molecule has 38 heavy (non-hydrogen) atoms. The van der Waals surface area contributed by atoms with E-state index in [1.807, 2.05) is 0 Å². The van der Waals surface area contributed by atoms with Crippen molar-refractivity contribution in [3.05, 3.63) is 70.1 Å². The zero-order valence-corrected chi connectivity index (χ0v) is 19.8. The lowest BCUT2D eigenvalue weighted by Crippen LogP contribution is -2.52. The molecule has 1 heterocycles. The number of alkyl halides is 3. The summed E-state index contributed by atoms with van der Waals surface area (Å²) in [6.45, 7) is 1.22. The van der Waals surface area contributed by atoms with Crippen molar-refractivity contribution in [3.8, 4) is 5.75 Å². The summed E-state index contributed by atoms with van der Waals surface area (Å²) in [5.74, 6) is -3.89. The van der Waals surface area contributed by atoms with E-state index in [0.717, 1.165) is 10.9 Å². The molecule has 14 heteroatoms. The summed E-state index contributed by atoms with van der Waals surface area (Å²) in [4.78, 5) is 45.6. The molecule has 0 fully saturated rings. The number of anilines is 1. The molecule has 0 aliphatic rings. The maximum Gasteiger partial charge on any atom is 0.490 e.